The number of rotatable bonds is 13. The molecule has 2 amide bonds. The van der Waals surface area contributed by atoms with Crippen molar-refractivity contribution in [1.29, 1.82) is 0 Å². The summed E-state index contributed by atoms with van der Waals surface area (Å²) in [4.78, 5) is 28.7. The van der Waals surface area contributed by atoms with Gasteiger partial charge in [0.2, 0.25) is 11.8 Å². The first-order chi connectivity index (χ1) is 20.3. The second-order valence-corrected chi connectivity index (χ2v) is 12.8. The van der Waals surface area contributed by atoms with Crippen LogP contribution in [0.2, 0.25) is 10.0 Å². The smallest absolute Gasteiger partial charge is 0.264 e. The summed E-state index contributed by atoms with van der Waals surface area (Å²) in [6.07, 6.45) is 0.685. The van der Waals surface area contributed by atoms with Gasteiger partial charge in [0.25, 0.3) is 10.0 Å². The number of sulfonamides is 1. The molecule has 0 heterocycles. The van der Waals surface area contributed by atoms with Gasteiger partial charge in [-0.05, 0) is 63.6 Å². The molecule has 0 unspecified atom stereocenters. The molecular weight excluding hydrogens is 613 g/mol. The first kappa shape index (κ1) is 34.0. The third-order valence-corrected chi connectivity index (χ3v) is 9.60. The Morgan fingerprint density at radius 3 is 2.09 bits per heavy atom. The van der Waals surface area contributed by atoms with Crippen LogP contribution in [0, 0.1) is 6.92 Å². The molecule has 0 radical (unpaired) electrons. The van der Waals surface area contributed by atoms with Crippen molar-refractivity contribution in [1.82, 2.24) is 10.2 Å². The van der Waals surface area contributed by atoms with E-state index in [1.165, 1.54) is 43.4 Å². The lowest BCUT2D eigenvalue weighted by atomic mass is 10.1. The van der Waals surface area contributed by atoms with Crippen LogP contribution in [0.3, 0.4) is 0 Å². The number of carbonyl (C=O) groups excluding carboxylic acids is 2. The summed E-state index contributed by atoms with van der Waals surface area (Å²) in [6, 6.07) is 14.7. The summed E-state index contributed by atoms with van der Waals surface area (Å²) in [6.45, 7) is 6.45. The van der Waals surface area contributed by atoms with Gasteiger partial charge in [-0.3, -0.25) is 13.9 Å². The van der Waals surface area contributed by atoms with Crippen molar-refractivity contribution in [3.8, 4) is 11.5 Å². The molecule has 3 aromatic rings. The van der Waals surface area contributed by atoms with Gasteiger partial charge in [-0.15, -0.1) is 0 Å². The average Bonchev–Trinajstić information content (AvgIpc) is 2.98. The Balaban J connectivity index is 2.12. The highest BCUT2D eigenvalue weighted by molar-refractivity contribution is 7.92. The van der Waals surface area contributed by atoms with Gasteiger partial charge >= 0.3 is 0 Å². The maximum atomic E-state index is 14.2. The quantitative estimate of drug-likeness (QED) is 0.249. The predicted octanol–water partition coefficient (Wildman–Crippen LogP) is 5.85. The van der Waals surface area contributed by atoms with E-state index in [0.717, 1.165) is 9.87 Å². The minimum absolute atomic E-state index is 0.0102. The SMILES string of the molecule is CC[C@@H](C)NC(=O)[C@H](C)N(Cc1c(Cl)cccc1Cl)C(=O)CN(c1ccc(OC)c(OC)c1)S(=O)(=O)c1ccc(C)cc1. The number of aryl methyl sites for hydroxylation is 1. The molecule has 0 bridgehead atoms. The topological polar surface area (TPSA) is 105 Å². The van der Waals surface area contributed by atoms with Gasteiger partial charge in [-0.2, -0.15) is 0 Å². The minimum atomic E-state index is -4.27. The van der Waals surface area contributed by atoms with Crippen molar-refractivity contribution >= 4 is 50.7 Å². The molecule has 0 fully saturated rings. The van der Waals surface area contributed by atoms with E-state index < -0.39 is 34.4 Å². The molecule has 0 saturated heterocycles. The number of anilines is 1. The van der Waals surface area contributed by atoms with Crippen molar-refractivity contribution in [2.75, 3.05) is 25.1 Å². The normalized spacial score (nSPS) is 12.7. The van der Waals surface area contributed by atoms with Gasteiger partial charge in [0.15, 0.2) is 11.5 Å². The van der Waals surface area contributed by atoms with Crippen molar-refractivity contribution in [3.05, 3.63) is 81.8 Å². The molecule has 0 aliphatic rings. The molecule has 0 saturated carbocycles. The molecule has 3 aromatic carbocycles. The van der Waals surface area contributed by atoms with E-state index in [0.29, 0.717) is 27.8 Å². The molecule has 232 valence electrons. The fourth-order valence-corrected chi connectivity index (χ4v) is 6.17. The molecule has 9 nitrogen and oxygen atoms in total. The average molecular weight is 651 g/mol. The Bertz CT molecular complexity index is 1530. The first-order valence-corrected chi connectivity index (χ1v) is 15.9. The number of amides is 2. The number of methoxy groups -OCH3 is 2. The first-order valence-electron chi connectivity index (χ1n) is 13.7. The Kier molecular flexibility index (Phi) is 11.7. The van der Waals surface area contributed by atoms with Gasteiger partial charge < -0.3 is 19.7 Å². The van der Waals surface area contributed by atoms with E-state index in [1.807, 2.05) is 20.8 Å². The second kappa shape index (κ2) is 14.8. The molecule has 0 aliphatic heterocycles. The second-order valence-electron chi connectivity index (χ2n) is 10.1. The number of carbonyl (C=O) groups is 2. The molecule has 3 rings (SSSR count). The zero-order valence-electron chi connectivity index (χ0n) is 25.1. The number of nitrogens with zero attached hydrogens (tertiary/aromatic N) is 2. The van der Waals surface area contributed by atoms with Crippen LogP contribution in [-0.2, 0) is 26.2 Å². The van der Waals surface area contributed by atoms with E-state index in [9.17, 15) is 18.0 Å². The summed E-state index contributed by atoms with van der Waals surface area (Å²) >= 11 is 12.9. The fraction of sp³-hybridized carbons (Fsp3) is 0.355. The van der Waals surface area contributed by atoms with Crippen molar-refractivity contribution in [2.45, 2.75) is 57.6 Å². The number of nitrogens with one attached hydrogen (secondary N) is 1. The van der Waals surface area contributed by atoms with Gasteiger partial charge in [0, 0.05) is 34.3 Å². The minimum Gasteiger partial charge on any atom is -0.493 e. The van der Waals surface area contributed by atoms with Crippen LogP contribution in [0.1, 0.15) is 38.3 Å². The third-order valence-electron chi connectivity index (χ3n) is 7.10. The Morgan fingerprint density at radius 1 is 0.930 bits per heavy atom. The Labute approximate surface area is 263 Å². The van der Waals surface area contributed by atoms with E-state index in [1.54, 1.807) is 43.3 Å². The van der Waals surface area contributed by atoms with E-state index >= 15 is 0 Å². The zero-order chi connectivity index (χ0) is 31.9. The van der Waals surface area contributed by atoms with Crippen LogP contribution in [0.4, 0.5) is 5.69 Å². The lowest BCUT2D eigenvalue weighted by Gasteiger charge is -2.33. The van der Waals surface area contributed by atoms with Gasteiger partial charge in [-0.25, -0.2) is 8.42 Å². The van der Waals surface area contributed by atoms with Gasteiger partial charge in [0.05, 0.1) is 24.8 Å². The van der Waals surface area contributed by atoms with E-state index in [4.69, 9.17) is 32.7 Å². The Hall–Kier alpha value is -3.47. The van der Waals surface area contributed by atoms with Crippen LogP contribution in [0.15, 0.2) is 65.6 Å². The highest BCUT2D eigenvalue weighted by Crippen LogP contribution is 2.34. The van der Waals surface area contributed by atoms with Gasteiger partial charge in [0.1, 0.15) is 12.6 Å². The number of halogens is 2. The summed E-state index contributed by atoms with van der Waals surface area (Å²) < 4.78 is 39.9. The van der Waals surface area contributed by atoms with Crippen molar-refractivity contribution in [2.24, 2.45) is 0 Å². The van der Waals surface area contributed by atoms with Crippen LogP contribution in [0.25, 0.3) is 0 Å². The summed E-state index contributed by atoms with van der Waals surface area (Å²) in [5.41, 5.74) is 1.47. The monoisotopic (exact) mass is 649 g/mol. The molecule has 43 heavy (non-hydrogen) atoms. The lowest BCUT2D eigenvalue weighted by Crippen LogP contribution is -2.52. The summed E-state index contributed by atoms with van der Waals surface area (Å²) in [5, 5.41) is 3.51. The number of hydrogen-bond donors (Lipinski definition) is 1. The van der Waals surface area contributed by atoms with Crippen LogP contribution in [0.5, 0.6) is 11.5 Å². The zero-order valence-corrected chi connectivity index (χ0v) is 27.4. The molecule has 0 aromatic heterocycles. The van der Waals surface area contributed by atoms with Crippen LogP contribution >= 0.6 is 23.2 Å². The molecular formula is C31H37Cl2N3O6S. The number of ether oxygens (including phenoxy) is 2. The summed E-state index contributed by atoms with van der Waals surface area (Å²) in [5.74, 6) is -0.383. The standard InChI is InChI=1S/C31H37Cl2N3O6S/c1-7-21(3)34-31(38)22(4)35(18-25-26(32)9-8-10-27(25)33)30(37)19-36(23-13-16-28(41-5)29(17-23)42-6)43(39,40)24-14-11-20(2)12-15-24/h8-17,21-22H,7,18-19H2,1-6H3,(H,34,38)/t21-,22+/m1/s1. The summed E-state index contributed by atoms with van der Waals surface area (Å²) in [7, 11) is -1.37. The highest BCUT2D eigenvalue weighted by Gasteiger charge is 2.33. The van der Waals surface area contributed by atoms with E-state index in [2.05, 4.69) is 5.32 Å². The number of benzene rings is 3. The lowest BCUT2D eigenvalue weighted by molar-refractivity contribution is -0.139. The van der Waals surface area contributed by atoms with E-state index in [-0.39, 0.29) is 28.9 Å². The highest BCUT2D eigenvalue weighted by atomic mass is 35.5. The molecule has 0 aliphatic carbocycles. The largest absolute Gasteiger partial charge is 0.493 e. The van der Waals surface area contributed by atoms with Crippen molar-refractivity contribution < 1.29 is 27.5 Å². The predicted molar refractivity (Wildman–Crippen MR) is 170 cm³/mol. The molecule has 12 heteroatoms. The third kappa shape index (κ3) is 8.13. The fourth-order valence-electron chi connectivity index (χ4n) is 4.25. The maximum absolute atomic E-state index is 14.2. The molecule has 1 N–H and O–H groups in total. The molecule has 2 atom stereocenters. The van der Waals surface area contributed by atoms with Gasteiger partial charge in [-0.1, -0.05) is 53.9 Å². The van der Waals surface area contributed by atoms with Crippen LogP contribution in [-0.4, -0.2) is 58.0 Å². The maximum Gasteiger partial charge on any atom is 0.264 e. The molecule has 0 spiro atoms. The Morgan fingerprint density at radius 2 is 1.53 bits per heavy atom. The number of hydrogen-bond acceptors (Lipinski definition) is 6. The van der Waals surface area contributed by atoms with Crippen molar-refractivity contribution in [3.63, 3.8) is 0 Å². The van der Waals surface area contributed by atoms with Crippen LogP contribution < -0.4 is 19.1 Å².